The van der Waals surface area contributed by atoms with Crippen LogP contribution in [0.1, 0.15) is 64.9 Å². The smallest absolute Gasteiger partial charge is 0.309 e. The average Bonchev–Trinajstić information content (AvgIpc) is 3.06. The van der Waals surface area contributed by atoms with Crippen LogP contribution in [-0.4, -0.2) is 62.3 Å². The minimum Gasteiger partial charge on any atom is -0.455 e. The highest BCUT2D eigenvalue weighted by atomic mass is 32.2. The van der Waals surface area contributed by atoms with E-state index in [4.69, 9.17) is 4.74 Å². The van der Waals surface area contributed by atoms with Crippen LogP contribution in [-0.2, 0) is 29.8 Å². The Morgan fingerprint density at radius 2 is 1.50 bits per heavy atom. The van der Waals surface area contributed by atoms with Crippen molar-refractivity contribution in [3.63, 3.8) is 0 Å². The van der Waals surface area contributed by atoms with Crippen LogP contribution in [0.15, 0.2) is 29.2 Å². The van der Waals surface area contributed by atoms with Crippen molar-refractivity contribution in [3.8, 4) is 0 Å². The zero-order valence-corrected chi connectivity index (χ0v) is 20.3. The van der Waals surface area contributed by atoms with Crippen LogP contribution in [0.25, 0.3) is 0 Å². The van der Waals surface area contributed by atoms with Crippen LogP contribution in [0.3, 0.4) is 0 Å². The lowest BCUT2D eigenvalue weighted by Gasteiger charge is -2.30. The van der Waals surface area contributed by atoms with Gasteiger partial charge in [0, 0.05) is 26.2 Å². The van der Waals surface area contributed by atoms with Crippen molar-refractivity contribution >= 4 is 21.9 Å². The molecule has 1 aromatic rings. The van der Waals surface area contributed by atoms with E-state index in [2.05, 4.69) is 20.8 Å². The number of hydrogen-bond donors (Lipinski definition) is 0. The number of hydrogen-bond acceptors (Lipinski definition) is 5. The van der Waals surface area contributed by atoms with E-state index >= 15 is 0 Å². The fourth-order valence-corrected chi connectivity index (χ4v) is 5.74. The molecule has 1 aromatic carbocycles. The number of sulfonamides is 1. The van der Waals surface area contributed by atoms with Gasteiger partial charge in [-0.05, 0) is 48.8 Å². The molecule has 0 atom stereocenters. The molecule has 8 heteroatoms. The monoisotopic (exact) mass is 464 g/mol. The first-order valence-electron chi connectivity index (χ1n) is 11.6. The second-order valence-corrected chi connectivity index (χ2v) is 11.8. The highest BCUT2D eigenvalue weighted by molar-refractivity contribution is 7.89. The van der Waals surface area contributed by atoms with Crippen LogP contribution in [0.4, 0.5) is 0 Å². The third kappa shape index (κ3) is 6.10. The summed E-state index contributed by atoms with van der Waals surface area (Å²) in [6.45, 7) is 8.02. The maximum Gasteiger partial charge on any atom is 0.309 e. The van der Waals surface area contributed by atoms with Crippen molar-refractivity contribution in [2.24, 2.45) is 5.92 Å². The fraction of sp³-hybridized carbons (Fsp3) is 0.667. The van der Waals surface area contributed by atoms with Gasteiger partial charge in [-0.3, -0.25) is 9.59 Å². The van der Waals surface area contributed by atoms with Gasteiger partial charge in [0.1, 0.15) is 0 Å². The predicted molar refractivity (Wildman–Crippen MR) is 123 cm³/mol. The largest absolute Gasteiger partial charge is 0.455 e. The topological polar surface area (TPSA) is 84.0 Å². The lowest BCUT2D eigenvalue weighted by atomic mass is 9.87. The molecule has 2 fully saturated rings. The van der Waals surface area contributed by atoms with Crippen molar-refractivity contribution in [2.45, 2.75) is 69.6 Å². The standard InChI is InChI=1S/C24H36N2O5S/c1-24(2,3)20-8-10-21(11-9-20)32(29,30)26-16-12-19(13-17-26)23(28)31-18-22(27)25-14-6-4-5-7-15-25/h8-11,19H,4-7,12-18H2,1-3H3. The summed E-state index contributed by atoms with van der Waals surface area (Å²) < 4.78 is 32.7. The van der Waals surface area contributed by atoms with E-state index < -0.39 is 16.0 Å². The van der Waals surface area contributed by atoms with E-state index in [-0.39, 0.29) is 41.8 Å². The molecule has 2 aliphatic rings. The van der Waals surface area contributed by atoms with Crippen molar-refractivity contribution < 1.29 is 22.7 Å². The van der Waals surface area contributed by atoms with E-state index in [1.165, 1.54) is 4.31 Å². The molecule has 0 bridgehead atoms. The second kappa shape index (κ2) is 10.3. The number of nitrogens with zero attached hydrogens (tertiary/aromatic N) is 2. The molecule has 2 heterocycles. The number of piperidine rings is 1. The van der Waals surface area contributed by atoms with Gasteiger partial charge >= 0.3 is 5.97 Å². The molecule has 0 aliphatic carbocycles. The highest BCUT2D eigenvalue weighted by Gasteiger charge is 2.33. The van der Waals surface area contributed by atoms with Gasteiger partial charge in [-0.15, -0.1) is 0 Å². The van der Waals surface area contributed by atoms with E-state index in [0.29, 0.717) is 12.8 Å². The van der Waals surface area contributed by atoms with Gasteiger partial charge in [-0.2, -0.15) is 4.31 Å². The van der Waals surface area contributed by atoms with Crippen molar-refractivity contribution in [1.29, 1.82) is 0 Å². The molecule has 0 saturated carbocycles. The molecule has 178 valence electrons. The predicted octanol–water partition coefficient (Wildman–Crippen LogP) is 3.33. The molecule has 0 aromatic heterocycles. The summed E-state index contributed by atoms with van der Waals surface area (Å²) in [5.74, 6) is -0.916. The lowest BCUT2D eigenvalue weighted by molar-refractivity contribution is -0.156. The molecule has 1 amide bonds. The van der Waals surface area contributed by atoms with Gasteiger partial charge in [0.05, 0.1) is 10.8 Å². The SMILES string of the molecule is CC(C)(C)c1ccc(S(=O)(=O)N2CCC(C(=O)OCC(=O)N3CCCCCC3)CC2)cc1. The summed E-state index contributed by atoms with van der Waals surface area (Å²) in [4.78, 5) is 26.8. The fourth-order valence-electron chi connectivity index (χ4n) is 4.27. The molecular formula is C24H36N2O5S. The van der Waals surface area contributed by atoms with E-state index in [1.54, 1.807) is 17.0 Å². The second-order valence-electron chi connectivity index (χ2n) is 9.86. The number of amides is 1. The van der Waals surface area contributed by atoms with Gasteiger partial charge in [-0.1, -0.05) is 45.7 Å². The van der Waals surface area contributed by atoms with E-state index in [9.17, 15) is 18.0 Å². The number of carbonyl (C=O) groups is 2. The Kier molecular flexibility index (Phi) is 7.98. The molecule has 7 nitrogen and oxygen atoms in total. The quantitative estimate of drug-likeness (QED) is 0.624. The molecule has 0 unspecified atom stereocenters. The molecule has 32 heavy (non-hydrogen) atoms. The first-order valence-corrected chi connectivity index (χ1v) is 13.1. The third-order valence-corrected chi connectivity index (χ3v) is 8.35. The van der Waals surface area contributed by atoms with Gasteiger partial charge < -0.3 is 9.64 Å². The summed E-state index contributed by atoms with van der Waals surface area (Å²) in [5, 5.41) is 0. The van der Waals surface area contributed by atoms with E-state index in [1.807, 2.05) is 12.1 Å². The number of rotatable bonds is 5. The summed E-state index contributed by atoms with van der Waals surface area (Å²) in [5.41, 5.74) is 1.03. The maximum absolute atomic E-state index is 13.0. The zero-order valence-electron chi connectivity index (χ0n) is 19.5. The number of esters is 1. The van der Waals surface area contributed by atoms with Crippen molar-refractivity contribution in [1.82, 2.24) is 9.21 Å². The zero-order chi connectivity index (χ0) is 23.4. The van der Waals surface area contributed by atoms with Gasteiger partial charge in [0.15, 0.2) is 6.61 Å². The Bertz CT molecular complexity index is 889. The van der Waals surface area contributed by atoms with E-state index in [0.717, 1.165) is 44.3 Å². The lowest BCUT2D eigenvalue weighted by Crippen LogP contribution is -2.41. The number of benzene rings is 1. The molecule has 0 N–H and O–H groups in total. The maximum atomic E-state index is 13.0. The highest BCUT2D eigenvalue weighted by Crippen LogP contribution is 2.27. The minimum atomic E-state index is -3.60. The summed E-state index contributed by atoms with van der Waals surface area (Å²) >= 11 is 0. The first kappa shape index (κ1) is 24.7. The molecular weight excluding hydrogens is 428 g/mol. The molecule has 3 rings (SSSR count). The molecule has 2 saturated heterocycles. The average molecular weight is 465 g/mol. The van der Waals surface area contributed by atoms with Gasteiger partial charge in [-0.25, -0.2) is 8.42 Å². The Morgan fingerprint density at radius 1 is 0.938 bits per heavy atom. The first-order chi connectivity index (χ1) is 15.1. The molecule has 0 radical (unpaired) electrons. The van der Waals surface area contributed by atoms with Crippen LogP contribution in [0, 0.1) is 5.92 Å². The number of ether oxygens (including phenoxy) is 1. The normalized spacial score (nSPS) is 19.4. The van der Waals surface area contributed by atoms with Gasteiger partial charge in [0.2, 0.25) is 10.0 Å². The third-order valence-electron chi connectivity index (χ3n) is 6.44. The number of likely N-dealkylation sites (tertiary alicyclic amines) is 1. The molecule has 0 spiro atoms. The summed E-state index contributed by atoms with van der Waals surface area (Å²) in [6.07, 6.45) is 5.04. The Labute approximate surface area is 192 Å². The minimum absolute atomic E-state index is 0.0460. The van der Waals surface area contributed by atoms with Gasteiger partial charge in [0.25, 0.3) is 5.91 Å². The van der Waals surface area contributed by atoms with Crippen molar-refractivity contribution in [3.05, 3.63) is 29.8 Å². The summed E-state index contributed by atoms with van der Waals surface area (Å²) in [6, 6.07) is 7.03. The van der Waals surface area contributed by atoms with Crippen LogP contribution >= 0.6 is 0 Å². The van der Waals surface area contributed by atoms with Crippen LogP contribution in [0.2, 0.25) is 0 Å². The van der Waals surface area contributed by atoms with Crippen molar-refractivity contribution in [2.75, 3.05) is 32.8 Å². The molecule has 2 aliphatic heterocycles. The Morgan fingerprint density at radius 3 is 2.03 bits per heavy atom. The Hall–Kier alpha value is -1.93. The van der Waals surface area contributed by atoms with Crippen LogP contribution in [0.5, 0.6) is 0 Å². The number of carbonyl (C=O) groups excluding carboxylic acids is 2. The van der Waals surface area contributed by atoms with Crippen LogP contribution < -0.4 is 0 Å². The Balaban J connectivity index is 1.50. The summed E-state index contributed by atoms with van der Waals surface area (Å²) in [7, 11) is -3.60.